The van der Waals surface area contributed by atoms with E-state index in [0.717, 1.165) is 41.1 Å². The van der Waals surface area contributed by atoms with Crippen molar-refractivity contribution in [2.75, 3.05) is 11.1 Å². The van der Waals surface area contributed by atoms with Crippen molar-refractivity contribution < 1.29 is 8.78 Å². The number of nitrogens with one attached hydrogen (secondary N) is 2. The van der Waals surface area contributed by atoms with Crippen LogP contribution in [0.3, 0.4) is 0 Å². The second-order valence-corrected chi connectivity index (χ2v) is 8.41. The van der Waals surface area contributed by atoms with Crippen LogP contribution >= 0.6 is 11.9 Å². The number of anilines is 1. The molecule has 0 bridgehead atoms. The molecule has 4 N–H and O–H groups in total. The van der Waals surface area contributed by atoms with E-state index in [-0.39, 0.29) is 17.0 Å². The van der Waals surface area contributed by atoms with E-state index in [2.05, 4.69) is 18.0 Å². The lowest BCUT2D eigenvalue weighted by molar-refractivity contribution is 0.406. The molecule has 0 radical (unpaired) electrons. The molecule has 1 unspecified atom stereocenters. The maximum Gasteiger partial charge on any atom is 0.123 e. The van der Waals surface area contributed by atoms with Crippen LogP contribution in [0.5, 0.6) is 0 Å². The predicted molar refractivity (Wildman–Crippen MR) is 127 cm³/mol. The molecule has 31 heavy (non-hydrogen) atoms. The highest BCUT2D eigenvalue weighted by atomic mass is 32.2. The van der Waals surface area contributed by atoms with Crippen molar-refractivity contribution in [2.24, 2.45) is 10.6 Å². The molecule has 2 aromatic rings. The van der Waals surface area contributed by atoms with E-state index in [4.69, 9.17) is 10.5 Å². The highest BCUT2D eigenvalue weighted by Crippen LogP contribution is 2.46. The van der Waals surface area contributed by atoms with Gasteiger partial charge in [-0.05, 0) is 79.3 Å². The van der Waals surface area contributed by atoms with E-state index in [0.29, 0.717) is 12.8 Å². The summed E-state index contributed by atoms with van der Waals surface area (Å²) in [5.74, 6) is 0.218. The Bertz CT molecular complexity index is 998. The van der Waals surface area contributed by atoms with Gasteiger partial charge in [0.25, 0.3) is 0 Å². The first-order valence-corrected chi connectivity index (χ1v) is 11.2. The molecule has 6 heteroatoms. The van der Waals surface area contributed by atoms with Crippen molar-refractivity contribution in [2.45, 2.75) is 25.7 Å². The normalized spacial score (nSPS) is 18.5. The van der Waals surface area contributed by atoms with Gasteiger partial charge in [0.2, 0.25) is 0 Å². The summed E-state index contributed by atoms with van der Waals surface area (Å²) in [4.78, 5) is 0. The third-order valence-electron chi connectivity index (χ3n) is 5.74. The average molecular weight is 440 g/mol. The molecule has 1 aliphatic rings. The summed E-state index contributed by atoms with van der Waals surface area (Å²) < 4.78 is 26.9. The first kappa shape index (κ1) is 23.0. The molecule has 0 amide bonds. The van der Waals surface area contributed by atoms with Gasteiger partial charge in [0.15, 0.2) is 0 Å². The molecule has 0 saturated heterocycles. The lowest BCUT2D eigenvalue weighted by Crippen LogP contribution is -2.28. The zero-order valence-corrected chi connectivity index (χ0v) is 18.2. The summed E-state index contributed by atoms with van der Waals surface area (Å²) in [5.41, 5.74) is 4.18. The molecule has 0 saturated carbocycles. The number of benzene rings is 2. The van der Waals surface area contributed by atoms with Gasteiger partial charge in [-0.25, -0.2) is 8.78 Å². The van der Waals surface area contributed by atoms with Gasteiger partial charge in [0.1, 0.15) is 11.6 Å². The lowest BCUT2D eigenvalue weighted by Gasteiger charge is -2.38. The Morgan fingerprint density at radius 2 is 1.90 bits per heavy atom. The lowest BCUT2D eigenvalue weighted by atomic mass is 9.67. The summed E-state index contributed by atoms with van der Waals surface area (Å²) in [6, 6.07) is 12.8. The third kappa shape index (κ3) is 5.71. The SMILES string of the molecule is C=CC1(CCc2cccc(F)c2)CC(C=N)=C(Nc2ccc(F)cc2)C=C1CCSN. The summed E-state index contributed by atoms with van der Waals surface area (Å²) in [6.45, 7) is 4.12. The van der Waals surface area contributed by atoms with Crippen molar-refractivity contribution in [3.8, 4) is 0 Å². The first-order chi connectivity index (χ1) is 15.0. The molecule has 2 aromatic carbocycles. The molecule has 0 fully saturated rings. The van der Waals surface area contributed by atoms with Crippen LogP contribution in [0.15, 0.2) is 84.1 Å². The van der Waals surface area contributed by atoms with Crippen molar-refractivity contribution >= 4 is 23.8 Å². The second-order valence-electron chi connectivity index (χ2n) is 7.67. The van der Waals surface area contributed by atoms with Crippen molar-refractivity contribution in [1.29, 1.82) is 5.41 Å². The van der Waals surface area contributed by atoms with Gasteiger partial charge in [-0.2, -0.15) is 0 Å². The van der Waals surface area contributed by atoms with E-state index < -0.39 is 0 Å². The van der Waals surface area contributed by atoms with E-state index in [1.807, 2.05) is 12.1 Å². The van der Waals surface area contributed by atoms with Crippen LogP contribution < -0.4 is 10.5 Å². The fraction of sp³-hybridized carbons (Fsp3) is 0.240. The Hall–Kier alpha value is -2.70. The zero-order chi connectivity index (χ0) is 22.3. The topological polar surface area (TPSA) is 61.9 Å². The minimum absolute atomic E-state index is 0.241. The molecule has 0 aromatic heterocycles. The van der Waals surface area contributed by atoms with E-state index in [1.54, 1.807) is 24.3 Å². The summed E-state index contributed by atoms with van der Waals surface area (Å²) in [5, 5.41) is 17.0. The van der Waals surface area contributed by atoms with Crippen LogP contribution in [-0.2, 0) is 6.42 Å². The number of halogens is 2. The molecule has 162 valence electrons. The Morgan fingerprint density at radius 1 is 1.13 bits per heavy atom. The fourth-order valence-electron chi connectivity index (χ4n) is 4.00. The van der Waals surface area contributed by atoms with Gasteiger partial charge in [-0.3, -0.25) is 5.14 Å². The molecule has 1 aliphatic carbocycles. The quantitative estimate of drug-likeness (QED) is 0.228. The molecule has 3 rings (SSSR count). The largest absolute Gasteiger partial charge is 0.355 e. The molecule has 3 nitrogen and oxygen atoms in total. The third-order valence-corrected chi connectivity index (χ3v) is 6.18. The molecule has 1 atom stereocenters. The maximum absolute atomic E-state index is 13.6. The van der Waals surface area contributed by atoms with Crippen molar-refractivity contribution in [1.82, 2.24) is 0 Å². The summed E-state index contributed by atoms with van der Waals surface area (Å²) >= 11 is 1.29. The van der Waals surface area contributed by atoms with Crippen LogP contribution in [0.2, 0.25) is 0 Å². The Morgan fingerprint density at radius 3 is 2.55 bits per heavy atom. The van der Waals surface area contributed by atoms with Gasteiger partial charge in [0, 0.05) is 28.8 Å². The Kier molecular flexibility index (Phi) is 7.82. The fourth-order valence-corrected chi connectivity index (χ4v) is 4.34. The highest BCUT2D eigenvalue weighted by Gasteiger charge is 2.35. The van der Waals surface area contributed by atoms with Gasteiger partial charge >= 0.3 is 0 Å². The number of hydrogen-bond acceptors (Lipinski definition) is 4. The van der Waals surface area contributed by atoms with Gasteiger partial charge in [-0.15, -0.1) is 6.58 Å². The van der Waals surface area contributed by atoms with Gasteiger partial charge in [0.05, 0.1) is 0 Å². The number of hydrogen-bond donors (Lipinski definition) is 3. The Balaban J connectivity index is 1.91. The molecule has 0 aliphatic heterocycles. The predicted octanol–water partition coefficient (Wildman–Crippen LogP) is 6.41. The second kappa shape index (κ2) is 10.6. The maximum atomic E-state index is 13.6. The van der Waals surface area contributed by atoms with Crippen LogP contribution in [0.4, 0.5) is 14.5 Å². The van der Waals surface area contributed by atoms with E-state index in [1.165, 1.54) is 41.9 Å². The monoisotopic (exact) mass is 439 g/mol. The number of nitrogens with two attached hydrogens (primary N) is 1. The number of aryl methyl sites for hydroxylation is 1. The van der Waals surface area contributed by atoms with E-state index >= 15 is 0 Å². The number of rotatable bonds is 10. The molecular formula is C25H27F2N3S. The van der Waals surface area contributed by atoms with Crippen LogP contribution in [0.25, 0.3) is 0 Å². The van der Waals surface area contributed by atoms with Gasteiger partial charge < -0.3 is 10.7 Å². The summed E-state index contributed by atoms with van der Waals surface area (Å²) in [6.07, 6.45) is 8.21. The van der Waals surface area contributed by atoms with Crippen LogP contribution in [0.1, 0.15) is 24.8 Å². The first-order valence-electron chi connectivity index (χ1n) is 10.2. The standard InChI is InChI=1S/C25H27F2N3S/c1-2-25(12-10-18-4-3-5-22(27)14-18)16-19(17-28)24(15-20(25)11-13-31-29)30-23-8-6-21(26)7-9-23/h2-9,14-15,17,28,30H,1,10-13,16,29H2. The van der Waals surface area contributed by atoms with Crippen LogP contribution in [0, 0.1) is 22.5 Å². The van der Waals surface area contributed by atoms with Gasteiger partial charge in [-0.1, -0.05) is 35.7 Å². The summed E-state index contributed by atoms with van der Waals surface area (Å²) in [7, 11) is 0. The minimum Gasteiger partial charge on any atom is -0.355 e. The zero-order valence-electron chi connectivity index (χ0n) is 17.3. The smallest absolute Gasteiger partial charge is 0.123 e. The van der Waals surface area contributed by atoms with Crippen LogP contribution in [-0.4, -0.2) is 12.0 Å². The molecular weight excluding hydrogens is 412 g/mol. The molecule has 0 heterocycles. The highest BCUT2D eigenvalue weighted by molar-refractivity contribution is 7.97. The van der Waals surface area contributed by atoms with Crippen molar-refractivity contribution in [3.05, 3.63) is 101 Å². The number of allylic oxidation sites excluding steroid dienone is 4. The Labute approximate surface area is 186 Å². The average Bonchev–Trinajstić information content (AvgIpc) is 2.78. The minimum atomic E-state index is -0.344. The van der Waals surface area contributed by atoms with E-state index in [9.17, 15) is 8.78 Å². The van der Waals surface area contributed by atoms with Crippen molar-refractivity contribution in [3.63, 3.8) is 0 Å². The molecule has 0 spiro atoms.